The minimum absolute atomic E-state index is 0.718. The van der Waals surface area contributed by atoms with E-state index >= 15 is 0 Å². The lowest BCUT2D eigenvalue weighted by Gasteiger charge is -2.43. The maximum atomic E-state index is 3.78. The van der Waals surface area contributed by atoms with E-state index < -0.39 is 0 Å². The third-order valence-electron chi connectivity index (χ3n) is 4.82. The van der Waals surface area contributed by atoms with Gasteiger partial charge in [-0.2, -0.15) is 0 Å². The van der Waals surface area contributed by atoms with Crippen molar-refractivity contribution in [3.63, 3.8) is 0 Å². The first kappa shape index (κ1) is 15.3. The van der Waals surface area contributed by atoms with E-state index in [1.807, 2.05) is 0 Å². The SMILES string of the molecule is CC(C)CC1CN(CCCC2CC2)C(C(C)C)CN1. The molecule has 2 unspecified atom stereocenters. The van der Waals surface area contributed by atoms with Gasteiger partial charge in [0, 0.05) is 25.2 Å². The molecule has 0 radical (unpaired) electrons. The standard InChI is InChI=1S/C17H34N2/c1-13(2)10-16-12-19(9-5-6-15-7-8-15)17(11-18-16)14(3)4/h13-18H,5-12H2,1-4H3. The first-order valence-electron chi connectivity index (χ1n) is 8.53. The van der Waals surface area contributed by atoms with Gasteiger partial charge in [-0.1, -0.05) is 40.5 Å². The van der Waals surface area contributed by atoms with Crippen molar-refractivity contribution in [1.82, 2.24) is 10.2 Å². The van der Waals surface area contributed by atoms with Crippen LogP contribution in [0.2, 0.25) is 0 Å². The summed E-state index contributed by atoms with van der Waals surface area (Å²) in [7, 11) is 0. The number of piperazine rings is 1. The molecule has 1 saturated carbocycles. The maximum Gasteiger partial charge on any atom is 0.0244 e. The highest BCUT2D eigenvalue weighted by molar-refractivity contribution is 4.88. The Labute approximate surface area is 120 Å². The smallest absolute Gasteiger partial charge is 0.0244 e. The van der Waals surface area contributed by atoms with Gasteiger partial charge in [0.05, 0.1) is 0 Å². The van der Waals surface area contributed by atoms with Gasteiger partial charge in [0.15, 0.2) is 0 Å². The van der Waals surface area contributed by atoms with Gasteiger partial charge >= 0.3 is 0 Å². The van der Waals surface area contributed by atoms with Crippen LogP contribution in [-0.4, -0.2) is 36.6 Å². The lowest BCUT2D eigenvalue weighted by atomic mass is 9.94. The molecule has 1 aliphatic heterocycles. The first-order valence-corrected chi connectivity index (χ1v) is 8.53. The highest BCUT2D eigenvalue weighted by Gasteiger charge is 2.30. The number of nitrogens with one attached hydrogen (secondary N) is 1. The molecule has 1 aliphatic carbocycles. The molecular formula is C17H34N2. The quantitative estimate of drug-likeness (QED) is 0.758. The molecule has 2 aliphatic rings. The third kappa shape index (κ3) is 5.07. The molecule has 2 heteroatoms. The van der Waals surface area contributed by atoms with Crippen LogP contribution in [0.15, 0.2) is 0 Å². The average molecular weight is 266 g/mol. The van der Waals surface area contributed by atoms with Gasteiger partial charge in [-0.3, -0.25) is 4.90 Å². The Kier molecular flexibility index (Phi) is 5.70. The van der Waals surface area contributed by atoms with E-state index in [1.54, 1.807) is 0 Å². The van der Waals surface area contributed by atoms with Crippen molar-refractivity contribution in [2.75, 3.05) is 19.6 Å². The molecule has 2 nitrogen and oxygen atoms in total. The van der Waals surface area contributed by atoms with Crippen LogP contribution in [0.1, 0.15) is 59.8 Å². The fraction of sp³-hybridized carbons (Fsp3) is 1.00. The Morgan fingerprint density at radius 1 is 1.16 bits per heavy atom. The summed E-state index contributed by atoms with van der Waals surface area (Å²) in [5.74, 6) is 2.67. The molecule has 2 rings (SSSR count). The Bertz CT molecular complexity index is 258. The third-order valence-corrected chi connectivity index (χ3v) is 4.82. The van der Waals surface area contributed by atoms with Gasteiger partial charge in [0.2, 0.25) is 0 Å². The molecule has 0 amide bonds. The van der Waals surface area contributed by atoms with Crippen molar-refractivity contribution in [1.29, 1.82) is 0 Å². The van der Waals surface area contributed by atoms with E-state index in [1.165, 1.54) is 51.7 Å². The molecule has 19 heavy (non-hydrogen) atoms. The summed E-state index contributed by atoms with van der Waals surface area (Å²) < 4.78 is 0. The van der Waals surface area contributed by atoms with Crippen molar-refractivity contribution in [3.8, 4) is 0 Å². The number of nitrogens with zero attached hydrogens (tertiary/aromatic N) is 1. The van der Waals surface area contributed by atoms with Crippen molar-refractivity contribution >= 4 is 0 Å². The second kappa shape index (κ2) is 7.08. The Hall–Kier alpha value is -0.0800. The summed E-state index contributed by atoms with van der Waals surface area (Å²) in [6.07, 6.45) is 7.23. The second-order valence-corrected chi connectivity index (χ2v) is 7.63. The molecule has 0 aromatic carbocycles. The number of rotatable bonds is 7. The Balaban J connectivity index is 1.80. The zero-order valence-corrected chi connectivity index (χ0v) is 13.5. The maximum absolute atomic E-state index is 3.78. The lowest BCUT2D eigenvalue weighted by molar-refractivity contribution is 0.0900. The minimum Gasteiger partial charge on any atom is -0.311 e. The molecule has 1 N–H and O–H groups in total. The van der Waals surface area contributed by atoms with Crippen LogP contribution in [0.4, 0.5) is 0 Å². The van der Waals surface area contributed by atoms with Crippen molar-refractivity contribution < 1.29 is 0 Å². The van der Waals surface area contributed by atoms with Crippen molar-refractivity contribution in [3.05, 3.63) is 0 Å². The van der Waals surface area contributed by atoms with Gasteiger partial charge in [-0.05, 0) is 43.6 Å². The fourth-order valence-corrected chi connectivity index (χ4v) is 3.53. The minimum atomic E-state index is 0.718. The van der Waals surface area contributed by atoms with E-state index in [2.05, 4.69) is 37.9 Å². The molecular weight excluding hydrogens is 232 g/mol. The molecule has 112 valence electrons. The van der Waals surface area contributed by atoms with E-state index in [0.717, 1.165) is 29.8 Å². The summed E-state index contributed by atoms with van der Waals surface area (Å²) in [5, 5.41) is 3.78. The lowest BCUT2D eigenvalue weighted by Crippen LogP contribution is -2.58. The summed E-state index contributed by atoms with van der Waals surface area (Å²) in [5.41, 5.74) is 0. The van der Waals surface area contributed by atoms with Crippen LogP contribution in [0, 0.1) is 17.8 Å². The summed E-state index contributed by atoms with van der Waals surface area (Å²) in [6.45, 7) is 13.2. The highest BCUT2D eigenvalue weighted by Crippen LogP contribution is 2.33. The largest absolute Gasteiger partial charge is 0.311 e. The number of hydrogen-bond acceptors (Lipinski definition) is 2. The molecule has 2 fully saturated rings. The van der Waals surface area contributed by atoms with Crippen LogP contribution < -0.4 is 5.32 Å². The Morgan fingerprint density at radius 2 is 1.89 bits per heavy atom. The fourth-order valence-electron chi connectivity index (χ4n) is 3.53. The molecule has 0 aromatic heterocycles. The van der Waals surface area contributed by atoms with Crippen LogP contribution in [0.5, 0.6) is 0 Å². The van der Waals surface area contributed by atoms with Crippen molar-refractivity contribution in [2.24, 2.45) is 17.8 Å². The zero-order chi connectivity index (χ0) is 13.8. The predicted molar refractivity (Wildman–Crippen MR) is 83.4 cm³/mol. The average Bonchev–Trinajstić information content (AvgIpc) is 3.12. The van der Waals surface area contributed by atoms with Gasteiger partial charge in [0.25, 0.3) is 0 Å². The van der Waals surface area contributed by atoms with E-state index in [9.17, 15) is 0 Å². The summed E-state index contributed by atoms with van der Waals surface area (Å²) in [6, 6.07) is 1.47. The van der Waals surface area contributed by atoms with E-state index in [0.29, 0.717) is 0 Å². The Morgan fingerprint density at radius 3 is 2.47 bits per heavy atom. The van der Waals surface area contributed by atoms with E-state index in [-0.39, 0.29) is 0 Å². The summed E-state index contributed by atoms with van der Waals surface area (Å²) >= 11 is 0. The van der Waals surface area contributed by atoms with Crippen molar-refractivity contribution in [2.45, 2.75) is 71.9 Å². The van der Waals surface area contributed by atoms with Crippen LogP contribution in [-0.2, 0) is 0 Å². The second-order valence-electron chi connectivity index (χ2n) is 7.63. The van der Waals surface area contributed by atoms with Gasteiger partial charge < -0.3 is 5.32 Å². The monoisotopic (exact) mass is 266 g/mol. The molecule has 2 atom stereocenters. The first-order chi connectivity index (χ1) is 9.06. The van der Waals surface area contributed by atoms with Crippen LogP contribution in [0.25, 0.3) is 0 Å². The predicted octanol–water partition coefficient (Wildman–Crippen LogP) is 3.52. The normalized spacial score (nSPS) is 29.4. The van der Waals surface area contributed by atoms with Gasteiger partial charge in [0.1, 0.15) is 0 Å². The van der Waals surface area contributed by atoms with Gasteiger partial charge in [-0.25, -0.2) is 0 Å². The van der Waals surface area contributed by atoms with Crippen LogP contribution >= 0.6 is 0 Å². The van der Waals surface area contributed by atoms with Crippen LogP contribution in [0.3, 0.4) is 0 Å². The summed E-state index contributed by atoms with van der Waals surface area (Å²) in [4.78, 5) is 2.79. The molecule has 0 aromatic rings. The highest BCUT2D eigenvalue weighted by atomic mass is 15.2. The topological polar surface area (TPSA) is 15.3 Å². The number of hydrogen-bond donors (Lipinski definition) is 1. The van der Waals surface area contributed by atoms with E-state index in [4.69, 9.17) is 0 Å². The molecule has 0 bridgehead atoms. The van der Waals surface area contributed by atoms with Gasteiger partial charge in [-0.15, -0.1) is 0 Å². The molecule has 0 spiro atoms. The molecule has 1 heterocycles. The zero-order valence-electron chi connectivity index (χ0n) is 13.5. The molecule has 1 saturated heterocycles.